The Bertz CT molecular complexity index is 476. The van der Waals surface area contributed by atoms with Gasteiger partial charge in [0, 0.05) is 17.4 Å². The van der Waals surface area contributed by atoms with E-state index in [-0.39, 0.29) is 23.6 Å². The Morgan fingerprint density at radius 1 is 1.42 bits per heavy atom. The predicted octanol–water partition coefficient (Wildman–Crippen LogP) is 2.11. The number of fused-ring (bicyclic) bond motifs is 1. The van der Waals surface area contributed by atoms with Gasteiger partial charge in [0.1, 0.15) is 0 Å². The molecule has 2 fully saturated rings. The Morgan fingerprint density at radius 3 is 2.79 bits per heavy atom. The third-order valence-corrected chi connectivity index (χ3v) is 6.56. The summed E-state index contributed by atoms with van der Waals surface area (Å²) in [7, 11) is -1.04. The van der Waals surface area contributed by atoms with E-state index in [2.05, 4.69) is 6.92 Å². The first-order valence-corrected chi connectivity index (χ1v) is 8.12. The molecule has 0 aromatic heterocycles. The Labute approximate surface area is 116 Å². The molecule has 0 radical (unpaired) electrons. The Morgan fingerprint density at radius 2 is 2.16 bits per heavy atom. The third-order valence-electron chi connectivity index (χ3n) is 4.44. The second-order valence-corrected chi connectivity index (χ2v) is 7.20. The largest absolute Gasteiger partial charge is 0.396 e. The summed E-state index contributed by atoms with van der Waals surface area (Å²) in [6, 6.07) is 9.64. The summed E-state index contributed by atoms with van der Waals surface area (Å²) >= 11 is 0. The molecule has 1 aliphatic carbocycles. The molecule has 1 aromatic rings. The van der Waals surface area contributed by atoms with E-state index < -0.39 is 10.8 Å². The zero-order valence-electron chi connectivity index (χ0n) is 11.1. The van der Waals surface area contributed by atoms with Crippen molar-refractivity contribution in [3.8, 4) is 0 Å². The predicted molar refractivity (Wildman–Crippen MR) is 74.3 cm³/mol. The monoisotopic (exact) mass is 280 g/mol. The van der Waals surface area contributed by atoms with Crippen LogP contribution in [0.1, 0.15) is 26.2 Å². The molecular weight excluding hydrogens is 260 g/mol. The van der Waals surface area contributed by atoms with E-state index in [1.165, 1.54) is 0 Å². The summed E-state index contributed by atoms with van der Waals surface area (Å²) in [5.74, 6) is 0.398. The van der Waals surface area contributed by atoms with Gasteiger partial charge >= 0.3 is 0 Å². The highest BCUT2D eigenvalue weighted by atomic mass is 32.2. The molecule has 0 amide bonds. The van der Waals surface area contributed by atoms with Crippen LogP contribution in [0.4, 0.5) is 0 Å². The molecule has 19 heavy (non-hydrogen) atoms. The van der Waals surface area contributed by atoms with Crippen LogP contribution in [-0.2, 0) is 15.5 Å². The van der Waals surface area contributed by atoms with E-state index in [1.54, 1.807) is 0 Å². The van der Waals surface area contributed by atoms with Gasteiger partial charge in [-0.2, -0.15) is 0 Å². The first-order valence-electron chi connectivity index (χ1n) is 6.97. The first kappa shape index (κ1) is 13.3. The highest BCUT2D eigenvalue weighted by Crippen LogP contribution is 2.62. The molecule has 1 heterocycles. The van der Waals surface area contributed by atoms with Gasteiger partial charge < -0.3 is 9.84 Å². The Balaban J connectivity index is 1.88. The minimum absolute atomic E-state index is 0.0616. The molecule has 0 spiro atoms. The summed E-state index contributed by atoms with van der Waals surface area (Å²) in [6.45, 7) is 2.21. The zero-order chi connectivity index (χ0) is 13.5. The van der Waals surface area contributed by atoms with Gasteiger partial charge in [0.2, 0.25) is 0 Å². The molecule has 1 aliphatic heterocycles. The van der Waals surface area contributed by atoms with Gasteiger partial charge in [-0.3, -0.25) is 4.21 Å². The van der Waals surface area contributed by atoms with Crippen LogP contribution in [0, 0.1) is 5.92 Å². The molecule has 3 rings (SSSR count). The summed E-state index contributed by atoms with van der Waals surface area (Å²) in [4.78, 5) is 0.883. The average molecular weight is 280 g/mol. The van der Waals surface area contributed by atoms with Crippen LogP contribution in [0.25, 0.3) is 0 Å². The number of rotatable bonds is 5. The minimum Gasteiger partial charge on any atom is -0.396 e. The van der Waals surface area contributed by atoms with Crippen molar-refractivity contribution in [2.75, 3.05) is 6.61 Å². The maximum absolute atomic E-state index is 12.9. The molecule has 5 atom stereocenters. The van der Waals surface area contributed by atoms with E-state index in [0.29, 0.717) is 12.3 Å². The van der Waals surface area contributed by atoms with Gasteiger partial charge in [-0.05, 0) is 31.4 Å². The molecule has 3 nitrogen and oxygen atoms in total. The Hall–Kier alpha value is -0.710. The van der Waals surface area contributed by atoms with E-state index >= 15 is 0 Å². The number of aliphatic hydroxyl groups excluding tert-OH is 1. The molecule has 1 N–H and O–H groups in total. The number of benzene rings is 1. The lowest BCUT2D eigenvalue weighted by atomic mass is 10.1. The molecule has 1 saturated heterocycles. The highest BCUT2D eigenvalue weighted by molar-refractivity contribution is 7.87. The van der Waals surface area contributed by atoms with Gasteiger partial charge in [0.25, 0.3) is 0 Å². The lowest BCUT2D eigenvalue weighted by Crippen LogP contribution is -2.33. The first-order chi connectivity index (χ1) is 9.24. The van der Waals surface area contributed by atoms with Crippen molar-refractivity contribution < 1.29 is 14.1 Å². The van der Waals surface area contributed by atoms with E-state index in [1.807, 2.05) is 30.3 Å². The summed E-state index contributed by atoms with van der Waals surface area (Å²) in [5, 5.41) is 9.21. The van der Waals surface area contributed by atoms with Gasteiger partial charge in [-0.15, -0.1) is 0 Å². The molecule has 104 valence electrons. The van der Waals surface area contributed by atoms with Crippen molar-refractivity contribution in [3.63, 3.8) is 0 Å². The van der Waals surface area contributed by atoms with Crippen LogP contribution < -0.4 is 0 Å². The van der Waals surface area contributed by atoms with Crippen molar-refractivity contribution in [1.29, 1.82) is 0 Å². The van der Waals surface area contributed by atoms with Crippen LogP contribution in [0.5, 0.6) is 0 Å². The second-order valence-electron chi connectivity index (χ2n) is 5.43. The van der Waals surface area contributed by atoms with Crippen LogP contribution in [0.2, 0.25) is 0 Å². The average Bonchev–Trinajstić information content (AvgIpc) is 3.13. The quantitative estimate of drug-likeness (QED) is 0.898. The van der Waals surface area contributed by atoms with Crippen LogP contribution in [-0.4, -0.2) is 32.9 Å². The smallest absolute Gasteiger partial charge is 0.0824 e. The number of aliphatic hydroxyl groups is 1. The van der Waals surface area contributed by atoms with Gasteiger partial charge in [0.15, 0.2) is 0 Å². The van der Waals surface area contributed by atoms with Crippen LogP contribution >= 0.6 is 0 Å². The minimum atomic E-state index is -1.04. The normalized spacial score (nSPS) is 37.9. The van der Waals surface area contributed by atoms with Crippen molar-refractivity contribution in [2.45, 2.75) is 48.0 Å². The standard InChI is InChI=1S/C15H20O3S/c1-2-13-12-10-15(12,14(18-13)8-9-16)19(17)11-6-4-3-5-7-11/h3-7,12-14,16H,2,8-10H2,1H3/t12-,13+,14-,15+,19?/m1/s1. The topological polar surface area (TPSA) is 46.5 Å². The summed E-state index contributed by atoms with van der Waals surface area (Å²) in [6.07, 6.45) is 2.67. The SMILES string of the molecule is CC[C@@H]1O[C@H](CCO)[C@]2(S(=O)c3ccccc3)C[C@H]12. The molecule has 0 bridgehead atoms. The fourth-order valence-corrected chi connectivity index (χ4v) is 5.44. The number of hydrogen-bond acceptors (Lipinski definition) is 3. The van der Waals surface area contributed by atoms with Crippen molar-refractivity contribution in [1.82, 2.24) is 0 Å². The highest BCUT2D eigenvalue weighted by Gasteiger charge is 2.71. The summed E-state index contributed by atoms with van der Waals surface area (Å²) in [5.41, 5.74) is 0. The molecule has 4 heteroatoms. The maximum atomic E-state index is 12.9. The molecular formula is C15H20O3S. The van der Waals surface area contributed by atoms with Gasteiger partial charge in [-0.25, -0.2) is 0 Å². The van der Waals surface area contributed by atoms with Crippen molar-refractivity contribution >= 4 is 10.8 Å². The summed E-state index contributed by atoms with van der Waals surface area (Å²) < 4.78 is 18.7. The molecule has 1 aromatic carbocycles. The van der Waals surface area contributed by atoms with Crippen LogP contribution in [0.15, 0.2) is 35.2 Å². The fourth-order valence-electron chi connectivity index (χ4n) is 3.43. The van der Waals surface area contributed by atoms with Crippen molar-refractivity contribution in [2.24, 2.45) is 5.92 Å². The lowest BCUT2D eigenvalue weighted by Gasteiger charge is -2.22. The second kappa shape index (κ2) is 5.00. The van der Waals surface area contributed by atoms with Crippen LogP contribution in [0.3, 0.4) is 0 Å². The lowest BCUT2D eigenvalue weighted by molar-refractivity contribution is 0.00394. The molecule has 1 unspecified atom stereocenters. The van der Waals surface area contributed by atoms with Crippen molar-refractivity contribution in [3.05, 3.63) is 30.3 Å². The fraction of sp³-hybridized carbons (Fsp3) is 0.600. The third kappa shape index (κ3) is 1.97. The van der Waals surface area contributed by atoms with E-state index in [9.17, 15) is 9.32 Å². The zero-order valence-corrected chi connectivity index (χ0v) is 11.9. The van der Waals surface area contributed by atoms with Gasteiger partial charge in [-0.1, -0.05) is 25.1 Å². The van der Waals surface area contributed by atoms with E-state index in [0.717, 1.165) is 17.7 Å². The molecule has 2 aliphatic rings. The van der Waals surface area contributed by atoms with Gasteiger partial charge in [0.05, 0.1) is 27.8 Å². The Kier molecular flexibility index (Phi) is 3.50. The number of hydrogen-bond donors (Lipinski definition) is 1. The number of ether oxygens (including phenoxy) is 1. The molecule has 1 saturated carbocycles. The maximum Gasteiger partial charge on any atom is 0.0824 e. The van der Waals surface area contributed by atoms with E-state index in [4.69, 9.17) is 4.74 Å².